The highest BCUT2D eigenvalue weighted by Crippen LogP contribution is 2.24. The SMILES string of the molecule is O=CC1C[C@@H](c2ccccc2)CN1. The number of rotatable bonds is 2. The molecule has 2 atom stereocenters. The summed E-state index contributed by atoms with van der Waals surface area (Å²) in [4.78, 5) is 10.5. The van der Waals surface area contributed by atoms with Crippen LogP contribution in [0.5, 0.6) is 0 Å². The van der Waals surface area contributed by atoms with Crippen molar-refractivity contribution >= 4 is 6.29 Å². The van der Waals surface area contributed by atoms with Gasteiger partial charge >= 0.3 is 0 Å². The van der Waals surface area contributed by atoms with E-state index >= 15 is 0 Å². The first kappa shape index (κ1) is 8.45. The van der Waals surface area contributed by atoms with Crippen molar-refractivity contribution in [3.05, 3.63) is 35.9 Å². The summed E-state index contributed by atoms with van der Waals surface area (Å²) in [6.07, 6.45) is 1.94. The first-order valence-corrected chi connectivity index (χ1v) is 4.64. The zero-order valence-corrected chi connectivity index (χ0v) is 7.44. The topological polar surface area (TPSA) is 29.1 Å². The molecule has 0 saturated carbocycles. The third-order valence-corrected chi connectivity index (χ3v) is 2.60. The Morgan fingerprint density at radius 1 is 1.31 bits per heavy atom. The van der Waals surface area contributed by atoms with E-state index < -0.39 is 0 Å². The molecule has 1 unspecified atom stereocenters. The highest BCUT2D eigenvalue weighted by atomic mass is 16.1. The molecule has 2 rings (SSSR count). The fourth-order valence-corrected chi connectivity index (χ4v) is 1.85. The van der Waals surface area contributed by atoms with E-state index in [2.05, 4.69) is 17.4 Å². The summed E-state index contributed by atoms with van der Waals surface area (Å²) in [5.41, 5.74) is 1.33. The fraction of sp³-hybridized carbons (Fsp3) is 0.364. The molecule has 0 radical (unpaired) electrons. The Balaban J connectivity index is 2.08. The van der Waals surface area contributed by atoms with E-state index in [1.807, 2.05) is 18.2 Å². The average Bonchev–Trinajstić information content (AvgIpc) is 2.67. The van der Waals surface area contributed by atoms with Gasteiger partial charge in [-0.25, -0.2) is 0 Å². The van der Waals surface area contributed by atoms with Crippen molar-refractivity contribution in [1.82, 2.24) is 5.32 Å². The van der Waals surface area contributed by atoms with E-state index in [9.17, 15) is 4.79 Å². The maximum Gasteiger partial charge on any atom is 0.136 e. The minimum absolute atomic E-state index is 0.0604. The lowest BCUT2D eigenvalue weighted by Crippen LogP contribution is -2.22. The van der Waals surface area contributed by atoms with Crippen LogP contribution < -0.4 is 5.32 Å². The van der Waals surface area contributed by atoms with E-state index in [1.54, 1.807) is 0 Å². The lowest BCUT2D eigenvalue weighted by Gasteiger charge is -2.07. The zero-order valence-electron chi connectivity index (χ0n) is 7.44. The van der Waals surface area contributed by atoms with Gasteiger partial charge in [0.15, 0.2) is 0 Å². The van der Waals surface area contributed by atoms with Crippen molar-refractivity contribution in [1.29, 1.82) is 0 Å². The van der Waals surface area contributed by atoms with Crippen molar-refractivity contribution in [2.24, 2.45) is 0 Å². The smallest absolute Gasteiger partial charge is 0.136 e. The van der Waals surface area contributed by atoms with Gasteiger partial charge in [0.2, 0.25) is 0 Å². The van der Waals surface area contributed by atoms with Crippen molar-refractivity contribution in [3.63, 3.8) is 0 Å². The second-order valence-corrected chi connectivity index (χ2v) is 3.49. The van der Waals surface area contributed by atoms with E-state index in [0.29, 0.717) is 5.92 Å². The molecule has 0 aromatic heterocycles. The number of hydrogen-bond donors (Lipinski definition) is 1. The molecule has 0 bridgehead atoms. The van der Waals surface area contributed by atoms with E-state index in [-0.39, 0.29) is 6.04 Å². The monoisotopic (exact) mass is 175 g/mol. The summed E-state index contributed by atoms with van der Waals surface area (Å²) in [7, 11) is 0. The van der Waals surface area contributed by atoms with Crippen molar-refractivity contribution in [3.8, 4) is 0 Å². The Hall–Kier alpha value is -1.15. The summed E-state index contributed by atoms with van der Waals surface area (Å²) in [6.45, 7) is 0.924. The molecular weight excluding hydrogens is 162 g/mol. The first-order valence-electron chi connectivity index (χ1n) is 4.64. The Kier molecular flexibility index (Phi) is 2.41. The van der Waals surface area contributed by atoms with Crippen LogP contribution >= 0.6 is 0 Å². The van der Waals surface area contributed by atoms with Gasteiger partial charge in [-0.1, -0.05) is 30.3 Å². The maximum absolute atomic E-state index is 10.5. The van der Waals surface area contributed by atoms with Crippen LogP contribution in [0.3, 0.4) is 0 Å². The van der Waals surface area contributed by atoms with Crippen molar-refractivity contribution < 1.29 is 4.79 Å². The quantitative estimate of drug-likeness (QED) is 0.687. The standard InChI is InChI=1S/C11H13NO/c13-8-11-6-10(7-12-11)9-4-2-1-3-5-9/h1-5,8,10-12H,6-7H2/t10-,11?/m1/s1. The summed E-state index contributed by atoms with van der Waals surface area (Å²) >= 11 is 0. The van der Waals surface area contributed by atoms with Crippen LogP contribution in [-0.4, -0.2) is 18.9 Å². The molecule has 2 heteroatoms. The predicted octanol–water partition coefficient (Wildman–Crippen LogP) is 1.33. The van der Waals surface area contributed by atoms with Crippen LogP contribution in [0.4, 0.5) is 0 Å². The average molecular weight is 175 g/mol. The minimum Gasteiger partial charge on any atom is -0.307 e. The van der Waals surface area contributed by atoms with Crippen LogP contribution in [0.1, 0.15) is 17.9 Å². The van der Waals surface area contributed by atoms with Crippen molar-refractivity contribution in [2.45, 2.75) is 18.4 Å². The van der Waals surface area contributed by atoms with Crippen LogP contribution in [0.15, 0.2) is 30.3 Å². The van der Waals surface area contributed by atoms with E-state index in [4.69, 9.17) is 0 Å². The van der Waals surface area contributed by atoms with Gasteiger partial charge in [-0.2, -0.15) is 0 Å². The maximum atomic E-state index is 10.5. The molecule has 0 spiro atoms. The number of carbonyl (C=O) groups excluding carboxylic acids is 1. The second-order valence-electron chi connectivity index (χ2n) is 3.49. The van der Waals surface area contributed by atoms with E-state index in [0.717, 1.165) is 19.3 Å². The van der Waals surface area contributed by atoms with Gasteiger partial charge in [-0.3, -0.25) is 0 Å². The molecule has 1 aromatic carbocycles. The molecule has 13 heavy (non-hydrogen) atoms. The lowest BCUT2D eigenvalue weighted by molar-refractivity contribution is -0.109. The predicted molar refractivity (Wildman–Crippen MR) is 51.7 cm³/mol. The molecule has 0 amide bonds. The summed E-state index contributed by atoms with van der Waals surface area (Å²) < 4.78 is 0. The van der Waals surface area contributed by atoms with Crippen LogP contribution in [-0.2, 0) is 4.79 Å². The van der Waals surface area contributed by atoms with Gasteiger partial charge in [0.1, 0.15) is 6.29 Å². The van der Waals surface area contributed by atoms with Gasteiger partial charge in [0.25, 0.3) is 0 Å². The van der Waals surface area contributed by atoms with Crippen LogP contribution in [0.2, 0.25) is 0 Å². The summed E-state index contributed by atoms with van der Waals surface area (Å²) in [6, 6.07) is 10.4. The van der Waals surface area contributed by atoms with Gasteiger partial charge in [-0.05, 0) is 17.9 Å². The Bertz CT molecular complexity index is 283. The summed E-state index contributed by atoms with van der Waals surface area (Å²) in [5.74, 6) is 0.511. The minimum atomic E-state index is 0.0604. The molecule has 1 aromatic rings. The molecule has 1 saturated heterocycles. The van der Waals surface area contributed by atoms with Gasteiger partial charge < -0.3 is 10.1 Å². The molecule has 1 heterocycles. The zero-order chi connectivity index (χ0) is 9.10. The molecule has 0 aliphatic carbocycles. The highest BCUT2D eigenvalue weighted by Gasteiger charge is 2.24. The lowest BCUT2D eigenvalue weighted by atomic mass is 9.97. The summed E-state index contributed by atoms with van der Waals surface area (Å²) in [5, 5.41) is 3.19. The Morgan fingerprint density at radius 3 is 2.69 bits per heavy atom. The number of nitrogens with one attached hydrogen (secondary N) is 1. The van der Waals surface area contributed by atoms with Gasteiger partial charge in [0, 0.05) is 6.54 Å². The molecule has 1 aliphatic rings. The molecule has 1 N–H and O–H groups in total. The number of aldehydes is 1. The van der Waals surface area contributed by atoms with Gasteiger partial charge in [0.05, 0.1) is 6.04 Å². The number of hydrogen-bond acceptors (Lipinski definition) is 2. The number of carbonyl (C=O) groups is 1. The Morgan fingerprint density at radius 2 is 2.08 bits per heavy atom. The van der Waals surface area contributed by atoms with Crippen molar-refractivity contribution in [2.75, 3.05) is 6.54 Å². The van der Waals surface area contributed by atoms with E-state index in [1.165, 1.54) is 5.56 Å². The molecule has 68 valence electrons. The molecule has 1 fully saturated rings. The largest absolute Gasteiger partial charge is 0.307 e. The third-order valence-electron chi connectivity index (χ3n) is 2.60. The fourth-order valence-electron chi connectivity index (χ4n) is 1.85. The van der Waals surface area contributed by atoms with Gasteiger partial charge in [-0.15, -0.1) is 0 Å². The van der Waals surface area contributed by atoms with Crippen LogP contribution in [0.25, 0.3) is 0 Å². The number of benzene rings is 1. The van der Waals surface area contributed by atoms with Crippen LogP contribution in [0, 0.1) is 0 Å². The molecule has 2 nitrogen and oxygen atoms in total. The first-order chi connectivity index (χ1) is 6.40. The third kappa shape index (κ3) is 1.78. The highest BCUT2D eigenvalue weighted by molar-refractivity contribution is 5.58. The molecule has 1 aliphatic heterocycles. The Labute approximate surface area is 78.0 Å². The molecular formula is C11H13NO. The normalized spacial score (nSPS) is 27.4. The second kappa shape index (κ2) is 3.71.